The topological polar surface area (TPSA) is 25.4 Å². The number of methoxy groups -OCH3 is 1. The van der Waals surface area contributed by atoms with Crippen molar-refractivity contribution >= 4 is 10.9 Å². The first-order chi connectivity index (χ1) is 11.7. The van der Waals surface area contributed by atoms with E-state index in [1.165, 1.54) is 0 Å². The van der Waals surface area contributed by atoms with E-state index in [9.17, 15) is 0 Å². The standard InChI is InChI=1S/C20H23FN2O/c1-3-13-12-23-9-7-14(13)10-19(23)20(21)16-6-8-22-18-5-4-15(24-2)11-17(16)18/h3-6,8,11,13-14,19-20H,1,7,9-10,12H2,2H3/t13-,14-,19-,20-/m0/s1. The molecule has 0 aliphatic carbocycles. The molecule has 3 fully saturated rings. The van der Waals surface area contributed by atoms with E-state index in [2.05, 4.69) is 16.5 Å². The Balaban J connectivity index is 1.69. The lowest BCUT2D eigenvalue weighted by Gasteiger charge is -2.50. The van der Waals surface area contributed by atoms with Crippen molar-refractivity contribution in [3.63, 3.8) is 0 Å². The van der Waals surface area contributed by atoms with Crippen LogP contribution in [0.1, 0.15) is 24.6 Å². The van der Waals surface area contributed by atoms with Crippen LogP contribution < -0.4 is 4.74 Å². The largest absolute Gasteiger partial charge is 0.497 e. The fourth-order valence-corrected chi connectivity index (χ4v) is 4.40. The molecule has 1 aromatic carbocycles. The number of aromatic nitrogens is 1. The van der Waals surface area contributed by atoms with Crippen LogP contribution in [0.4, 0.5) is 4.39 Å². The van der Waals surface area contributed by atoms with Crippen molar-refractivity contribution in [2.24, 2.45) is 11.8 Å². The number of fused-ring (bicyclic) bond motifs is 4. The number of rotatable bonds is 4. The molecule has 4 heterocycles. The van der Waals surface area contributed by atoms with Gasteiger partial charge in [-0.25, -0.2) is 4.39 Å². The highest BCUT2D eigenvalue weighted by Gasteiger charge is 2.43. The molecule has 2 aromatic rings. The summed E-state index contributed by atoms with van der Waals surface area (Å²) in [6.45, 7) is 5.88. The van der Waals surface area contributed by atoms with Gasteiger partial charge in [0.25, 0.3) is 0 Å². The smallest absolute Gasteiger partial charge is 0.141 e. The highest BCUT2D eigenvalue weighted by molar-refractivity contribution is 5.84. The van der Waals surface area contributed by atoms with Crippen LogP contribution in [0.2, 0.25) is 0 Å². The third-order valence-corrected chi connectivity index (χ3v) is 5.77. The second-order valence-corrected chi connectivity index (χ2v) is 6.93. The van der Waals surface area contributed by atoms with Gasteiger partial charge in [-0.3, -0.25) is 9.88 Å². The minimum Gasteiger partial charge on any atom is -0.497 e. The first kappa shape index (κ1) is 15.6. The number of hydrogen-bond donors (Lipinski definition) is 0. The van der Waals surface area contributed by atoms with Gasteiger partial charge in [-0.2, -0.15) is 0 Å². The first-order valence-electron chi connectivity index (χ1n) is 8.64. The predicted octanol–water partition coefficient (Wildman–Crippen LogP) is 4.15. The molecular formula is C20H23FN2O. The maximum absolute atomic E-state index is 15.5. The fraction of sp³-hybridized carbons (Fsp3) is 0.450. The van der Waals surface area contributed by atoms with Crippen molar-refractivity contribution in [3.8, 4) is 5.75 Å². The molecule has 0 amide bonds. The van der Waals surface area contributed by atoms with E-state index in [4.69, 9.17) is 4.74 Å². The van der Waals surface area contributed by atoms with E-state index in [0.29, 0.717) is 11.8 Å². The summed E-state index contributed by atoms with van der Waals surface area (Å²) >= 11 is 0. The van der Waals surface area contributed by atoms with Crippen LogP contribution in [0, 0.1) is 11.8 Å². The molecule has 3 aliphatic rings. The van der Waals surface area contributed by atoms with Crippen LogP contribution in [0.3, 0.4) is 0 Å². The number of alkyl halides is 1. The fourth-order valence-electron chi connectivity index (χ4n) is 4.40. The summed E-state index contributed by atoms with van der Waals surface area (Å²) in [7, 11) is 1.63. The van der Waals surface area contributed by atoms with Crippen LogP contribution in [-0.2, 0) is 0 Å². The molecule has 2 bridgehead atoms. The zero-order chi connectivity index (χ0) is 16.7. The van der Waals surface area contributed by atoms with Crippen LogP contribution in [0.15, 0.2) is 43.1 Å². The molecule has 0 spiro atoms. The van der Waals surface area contributed by atoms with Crippen LogP contribution in [-0.4, -0.2) is 36.1 Å². The van der Waals surface area contributed by atoms with Crippen molar-refractivity contribution in [1.29, 1.82) is 0 Å². The van der Waals surface area contributed by atoms with Crippen LogP contribution >= 0.6 is 0 Å². The second-order valence-electron chi connectivity index (χ2n) is 6.93. The summed E-state index contributed by atoms with van der Waals surface area (Å²) in [6.07, 6.45) is 4.82. The van der Waals surface area contributed by atoms with Gasteiger partial charge in [-0.05, 0) is 61.1 Å². The number of benzene rings is 1. The van der Waals surface area contributed by atoms with Gasteiger partial charge < -0.3 is 4.74 Å². The molecule has 0 saturated carbocycles. The monoisotopic (exact) mass is 326 g/mol. The van der Waals surface area contributed by atoms with E-state index in [-0.39, 0.29) is 6.04 Å². The number of hydrogen-bond acceptors (Lipinski definition) is 3. The number of ether oxygens (including phenoxy) is 1. The third-order valence-electron chi connectivity index (χ3n) is 5.77. The van der Waals surface area contributed by atoms with Gasteiger partial charge >= 0.3 is 0 Å². The van der Waals surface area contributed by atoms with Crippen molar-refractivity contribution in [1.82, 2.24) is 9.88 Å². The number of nitrogens with zero attached hydrogens (tertiary/aromatic N) is 2. The molecular weight excluding hydrogens is 303 g/mol. The van der Waals surface area contributed by atoms with Crippen LogP contribution in [0.25, 0.3) is 10.9 Å². The maximum Gasteiger partial charge on any atom is 0.141 e. The molecule has 0 radical (unpaired) electrons. The number of halogens is 1. The molecule has 126 valence electrons. The second kappa shape index (κ2) is 6.17. The van der Waals surface area contributed by atoms with Gasteiger partial charge in [-0.15, -0.1) is 6.58 Å². The van der Waals surface area contributed by atoms with Gasteiger partial charge in [0.2, 0.25) is 0 Å². The van der Waals surface area contributed by atoms with E-state index < -0.39 is 6.17 Å². The quantitative estimate of drug-likeness (QED) is 0.789. The molecule has 5 atom stereocenters. The first-order valence-corrected chi connectivity index (χ1v) is 8.64. The highest BCUT2D eigenvalue weighted by Crippen LogP contribution is 2.43. The summed E-state index contributed by atoms with van der Waals surface area (Å²) < 4.78 is 20.8. The van der Waals surface area contributed by atoms with Gasteiger partial charge in [0, 0.05) is 24.2 Å². The maximum atomic E-state index is 15.5. The van der Waals surface area contributed by atoms with Gasteiger partial charge in [-0.1, -0.05) is 6.08 Å². The van der Waals surface area contributed by atoms with Crippen molar-refractivity contribution in [2.75, 3.05) is 20.2 Å². The molecule has 0 N–H and O–H groups in total. The van der Waals surface area contributed by atoms with Crippen molar-refractivity contribution < 1.29 is 9.13 Å². The third kappa shape index (κ3) is 2.49. The van der Waals surface area contributed by atoms with Crippen LogP contribution in [0.5, 0.6) is 5.75 Å². The van der Waals surface area contributed by atoms with E-state index in [1.807, 2.05) is 30.3 Å². The Hall–Kier alpha value is -1.94. The number of piperidine rings is 3. The zero-order valence-electron chi connectivity index (χ0n) is 14.0. The van der Waals surface area contributed by atoms with Crippen molar-refractivity contribution in [2.45, 2.75) is 25.1 Å². The van der Waals surface area contributed by atoms with Gasteiger partial charge in [0.05, 0.1) is 12.6 Å². The Labute approximate surface area is 142 Å². The SMILES string of the molecule is C=C[C@H]1CN2CC[C@H]1C[C@H]2[C@@H](F)c1ccnc2ccc(OC)cc12. The molecule has 1 aromatic heterocycles. The summed E-state index contributed by atoms with van der Waals surface area (Å²) in [5, 5.41) is 0.854. The predicted molar refractivity (Wildman–Crippen MR) is 93.9 cm³/mol. The molecule has 3 saturated heterocycles. The van der Waals surface area contributed by atoms with Crippen molar-refractivity contribution in [3.05, 3.63) is 48.7 Å². The average molecular weight is 326 g/mol. The molecule has 4 heteroatoms. The molecule has 1 unspecified atom stereocenters. The molecule has 24 heavy (non-hydrogen) atoms. The Bertz CT molecular complexity index is 762. The molecule has 3 nitrogen and oxygen atoms in total. The Kier molecular flexibility index (Phi) is 4.01. The lowest BCUT2D eigenvalue weighted by atomic mass is 9.74. The summed E-state index contributed by atoms with van der Waals surface area (Å²) in [5.41, 5.74) is 1.54. The minimum absolute atomic E-state index is 0.0447. The molecule has 5 rings (SSSR count). The van der Waals surface area contributed by atoms with Gasteiger partial charge in [0.15, 0.2) is 0 Å². The zero-order valence-corrected chi connectivity index (χ0v) is 14.0. The number of pyridine rings is 1. The van der Waals surface area contributed by atoms with E-state index >= 15 is 4.39 Å². The van der Waals surface area contributed by atoms with E-state index in [0.717, 1.165) is 48.1 Å². The highest BCUT2D eigenvalue weighted by atomic mass is 19.1. The Morgan fingerprint density at radius 2 is 2.29 bits per heavy atom. The molecule has 3 aliphatic heterocycles. The summed E-state index contributed by atoms with van der Waals surface area (Å²) in [5.74, 6) is 1.82. The lowest BCUT2D eigenvalue weighted by Crippen LogP contribution is -2.54. The van der Waals surface area contributed by atoms with E-state index in [1.54, 1.807) is 13.3 Å². The normalized spacial score (nSPS) is 30.2. The van der Waals surface area contributed by atoms with Gasteiger partial charge in [0.1, 0.15) is 11.9 Å². The average Bonchev–Trinajstić information content (AvgIpc) is 2.66. The lowest BCUT2D eigenvalue weighted by molar-refractivity contribution is -0.0183. The summed E-state index contributed by atoms with van der Waals surface area (Å²) in [4.78, 5) is 6.68. The summed E-state index contributed by atoms with van der Waals surface area (Å²) in [6, 6.07) is 7.43. The Morgan fingerprint density at radius 1 is 1.42 bits per heavy atom. The Morgan fingerprint density at radius 3 is 3.00 bits per heavy atom. The minimum atomic E-state index is -1.00.